The van der Waals surface area contributed by atoms with Crippen molar-refractivity contribution < 1.29 is 8.78 Å². The van der Waals surface area contributed by atoms with E-state index in [4.69, 9.17) is 0 Å². The maximum atomic E-state index is 13.3. The fourth-order valence-corrected chi connectivity index (χ4v) is 1.98. The molecule has 98 valence electrons. The smallest absolute Gasteiger partial charge is 0.123 e. The maximum Gasteiger partial charge on any atom is 0.123 e. The summed E-state index contributed by atoms with van der Waals surface area (Å²) in [6.07, 6.45) is 3.99. The number of unbranched alkanes of at least 4 members (excludes halogenated alkanes) is 1. The number of benzene rings is 2. The third-order valence-corrected chi connectivity index (χ3v) is 2.93. The van der Waals surface area contributed by atoms with Gasteiger partial charge in [-0.25, -0.2) is 8.78 Å². The summed E-state index contributed by atoms with van der Waals surface area (Å²) >= 11 is 0. The van der Waals surface area contributed by atoms with E-state index in [1.807, 2.05) is 6.07 Å². The minimum atomic E-state index is -0.266. The van der Waals surface area contributed by atoms with Gasteiger partial charge in [0.25, 0.3) is 0 Å². The second kappa shape index (κ2) is 6.28. The molecule has 2 aromatic rings. The van der Waals surface area contributed by atoms with Gasteiger partial charge < -0.3 is 0 Å². The van der Waals surface area contributed by atoms with E-state index in [0.29, 0.717) is 0 Å². The highest BCUT2D eigenvalue weighted by atomic mass is 19.1. The highest BCUT2D eigenvalue weighted by Crippen LogP contribution is 2.25. The van der Waals surface area contributed by atoms with Crippen LogP contribution in [0.1, 0.15) is 30.9 Å². The highest BCUT2D eigenvalue weighted by Gasteiger charge is 2.06. The Labute approximate surface area is 112 Å². The summed E-state index contributed by atoms with van der Waals surface area (Å²) in [7, 11) is 0. The van der Waals surface area contributed by atoms with Crippen molar-refractivity contribution in [3.63, 3.8) is 0 Å². The molecule has 0 atom stereocenters. The maximum absolute atomic E-state index is 13.3. The average Bonchev–Trinajstić information content (AvgIpc) is 2.41. The Morgan fingerprint density at radius 2 is 1.68 bits per heavy atom. The van der Waals surface area contributed by atoms with Crippen molar-refractivity contribution in [3.8, 4) is 0 Å². The molecule has 0 aliphatic rings. The Bertz CT molecular complexity index is 568. The van der Waals surface area contributed by atoms with Gasteiger partial charge in [-0.1, -0.05) is 43.7 Å². The Kier molecular flexibility index (Phi) is 4.45. The largest absolute Gasteiger partial charge is 0.207 e. The van der Waals surface area contributed by atoms with E-state index in [1.54, 1.807) is 18.2 Å². The van der Waals surface area contributed by atoms with E-state index < -0.39 is 0 Å². The van der Waals surface area contributed by atoms with Gasteiger partial charge in [-0.2, -0.15) is 0 Å². The lowest BCUT2D eigenvalue weighted by molar-refractivity contribution is 0.626. The van der Waals surface area contributed by atoms with Crippen LogP contribution in [0, 0.1) is 11.6 Å². The number of allylic oxidation sites excluding steroid dienone is 1. The summed E-state index contributed by atoms with van der Waals surface area (Å²) in [5, 5.41) is 0. The highest BCUT2D eigenvalue weighted by molar-refractivity contribution is 5.79. The molecular weight excluding hydrogens is 242 g/mol. The summed E-state index contributed by atoms with van der Waals surface area (Å²) in [6, 6.07) is 12.8. The van der Waals surface area contributed by atoms with E-state index in [-0.39, 0.29) is 11.6 Å². The Morgan fingerprint density at radius 3 is 2.32 bits per heavy atom. The molecule has 2 aromatic carbocycles. The van der Waals surface area contributed by atoms with Gasteiger partial charge in [-0.3, -0.25) is 0 Å². The molecule has 0 unspecified atom stereocenters. The molecule has 0 aliphatic heterocycles. The number of rotatable bonds is 4. The van der Waals surface area contributed by atoms with Crippen molar-refractivity contribution in [2.24, 2.45) is 0 Å². The van der Waals surface area contributed by atoms with Crippen LogP contribution in [0.3, 0.4) is 0 Å². The lowest BCUT2D eigenvalue weighted by atomic mass is 9.96. The molecule has 19 heavy (non-hydrogen) atoms. The Hall–Kier alpha value is -1.96. The average molecular weight is 258 g/mol. The van der Waals surface area contributed by atoms with E-state index >= 15 is 0 Å². The van der Waals surface area contributed by atoms with Gasteiger partial charge in [0, 0.05) is 0 Å². The van der Waals surface area contributed by atoms with E-state index in [2.05, 4.69) is 13.0 Å². The molecule has 0 N–H and O–H groups in total. The first-order valence-corrected chi connectivity index (χ1v) is 6.42. The Balaban J connectivity index is 2.44. The summed E-state index contributed by atoms with van der Waals surface area (Å²) in [5.74, 6) is -0.528. The van der Waals surface area contributed by atoms with Crippen LogP contribution in [0.2, 0.25) is 0 Å². The van der Waals surface area contributed by atoms with Crippen molar-refractivity contribution in [2.75, 3.05) is 0 Å². The topological polar surface area (TPSA) is 0 Å². The van der Waals surface area contributed by atoms with Gasteiger partial charge in [0.1, 0.15) is 11.6 Å². The van der Waals surface area contributed by atoms with Gasteiger partial charge in [-0.05, 0) is 47.4 Å². The molecule has 0 aromatic heterocycles. The quantitative estimate of drug-likeness (QED) is 0.707. The van der Waals surface area contributed by atoms with Crippen molar-refractivity contribution in [3.05, 3.63) is 77.4 Å². The third kappa shape index (κ3) is 3.50. The van der Waals surface area contributed by atoms with Crippen LogP contribution in [0.15, 0.2) is 54.6 Å². The van der Waals surface area contributed by atoms with Crippen molar-refractivity contribution >= 4 is 5.57 Å². The molecule has 0 aliphatic carbocycles. The molecule has 0 heterocycles. The Morgan fingerprint density at radius 1 is 0.947 bits per heavy atom. The third-order valence-electron chi connectivity index (χ3n) is 2.93. The van der Waals surface area contributed by atoms with Crippen LogP contribution >= 0.6 is 0 Å². The zero-order valence-electron chi connectivity index (χ0n) is 10.9. The van der Waals surface area contributed by atoms with E-state index in [0.717, 1.165) is 29.5 Å². The second-order valence-electron chi connectivity index (χ2n) is 4.42. The molecule has 0 spiro atoms. The van der Waals surface area contributed by atoms with Crippen molar-refractivity contribution in [2.45, 2.75) is 19.8 Å². The summed E-state index contributed by atoms with van der Waals surface area (Å²) < 4.78 is 26.3. The molecule has 2 heteroatoms. The van der Waals surface area contributed by atoms with E-state index in [1.165, 1.54) is 24.3 Å². The fraction of sp³-hybridized carbons (Fsp3) is 0.176. The molecular formula is C17H16F2. The number of hydrogen-bond donors (Lipinski definition) is 0. The van der Waals surface area contributed by atoms with Gasteiger partial charge in [0.2, 0.25) is 0 Å². The summed E-state index contributed by atoms with van der Waals surface area (Å²) in [5.41, 5.74) is 2.67. The van der Waals surface area contributed by atoms with Crippen LogP contribution in [0.4, 0.5) is 8.78 Å². The lowest BCUT2D eigenvalue weighted by Crippen LogP contribution is -1.90. The minimum Gasteiger partial charge on any atom is -0.207 e. The molecule has 0 amide bonds. The van der Waals surface area contributed by atoms with Crippen LogP contribution in [0.25, 0.3) is 5.57 Å². The van der Waals surface area contributed by atoms with Crippen LogP contribution in [-0.2, 0) is 0 Å². The standard InChI is InChI=1S/C17H16F2/c1-2-3-7-17(13-8-10-15(18)11-9-13)14-5-4-6-16(19)12-14/h4-12H,2-3H2,1H3/b17-7-. The van der Waals surface area contributed by atoms with Gasteiger partial charge >= 0.3 is 0 Å². The fourth-order valence-electron chi connectivity index (χ4n) is 1.98. The molecule has 0 fully saturated rings. The normalized spacial score (nSPS) is 11.6. The van der Waals surface area contributed by atoms with Crippen LogP contribution < -0.4 is 0 Å². The zero-order valence-corrected chi connectivity index (χ0v) is 10.9. The predicted molar refractivity (Wildman–Crippen MR) is 74.8 cm³/mol. The second-order valence-corrected chi connectivity index (χ2v) is 4.42. The molecule has 0 radical (unpaired) electrons. The molecule has 0 saturated carbocycles. The molecule has 2 rings (SSSR count). The number of hydrogen-bond acceptors (Lipinski definition) is 0. The SMILES string of the molecule is CCC/C=C(/c1ccc(F)cc1)c1cccc(F)c1. The van der Waals surface area contributed by atoms with Crippen LogP contribution in [-0.4, -0.2) is 0 Å². The zero-order chi connectivity index (χ0) is 13.7. The van der Waals surface area contributed by atoms with E-state index in [9.17, 15) is 8.78 Å². The van der Waals surface area contributed by atoms with Crippen molar-refractivity contribution in [1.82, 2.24) is 0 Å². The monoisotopic (exact) mass is 258 g/mol. The summed E-state index contributed by atoms with van der Waals surface area (Å²) in [6.45, 7) is 2.09. The predicted octanol–water partition coefficient (Wildman–Crippen LogP) is 5.20. The molecule has 0 bridgehead atoms. The van der Waals surface area contributed by atoms with Crippen LogP contribution in [0.5, 0.6) is 0 Å². The molecule has 0 nitrogen and oxygen atoms in total. The van der Waals surface area contributed by atoms with Crippen molar-refractivity contribution in [1.29, 1.82) is 0 Å². The van der Waals surface area contributed by atoms with Gasteiger partial charge in [0.15, 0.2) is 0 Å². The summed E-state index contributed by atoms with van der Waals surface area (Å²) in [4.78, 5) is 0. The lowest BCUT2D eigenvalue weighted by Gasteiger charge is -2.09. The minimum absolute atomic E-state index is 0.262. The van der Waals surface area contributed by atoms with Gasteiger partial charge in [0.05, 0.1) is 0 Å². The molecule has 0 saturated heterocycles. The first-order chi connectivity index (χ1) is 9.20. The number of halogens is 2. The van der Waals surface area contributed by atoms with Gasteiger partial charge in [-0.15, -0.1) is 0 Å². The first-order valence-electron chi connectivity index (χ1n) is 6.42. The first kappa shape index (κ1) is 13.5.